The summed E-state index contributed by atoms with van der Waals surface area (Å²) in [5, 5.41) is 9.67. The molecule has 1 atom stereocenters. The summed E-state index contributed by atoms with van der Waals surface area (Å²) in [7, 11) is 3.87. The van der Waals surface area contributed by atoms with E-state index in [4.69, 9.17) is 5.73 Å². The molecular weight excluding hydrogens is 160 g/mol. The average Bonchev–Trinajstić information content (AvgIpc) is 2.33. The number of rotatable bonds is 2. The van der Waals surface area contributed by atoms with Crippen molar-refractivity contribution in [3.8, 4) is 0 Å². The van der Waals surface area contributed by atoms with Gasteiger partial charge in [0.1, 0.15) is 5.01 Å². The van der Waals surface area contributed by atoms with Crippen molar-refractivity contribution in [2.75, 3.05) is 19.0 Å². The summed E-state index contributed by atoms with van der Waals surface area (Å²) in [6, 6.07) is -0.0128. The molecule has 0 aliphatic carbocycles. The van der Waals surface area contributed by atoms with Gasteiger partial charge in [0, 0.05) is 14.1 Å². The number of nitrogens with zero attached hydrogens (tertiary/aromatic N) is 3. The Balaban J connectivity index is 2.82. The zero-order valence-corrected chi connectivity index (χ0v) is 7.72. The highest BCUT2D eigenvalue weighted by molar-refractivity contribution is 7.15. The Bertz CT molecular complexity index is 208. The number of nitrogens with two attached hydrogens (primary N) is 1. The second kappa shape index (κ2) is 3.15. The summed E-state index contributed by atoms with van der Waals surface area (Å²) in [5.74, 6) is 0. The van der Waals surface area contributed by atoms with Crippen molar-refractivity contribution in [3.05, 3.63) is 5.01 Å². The first-order valence-corrected chi connectivity index (χ1v) is 4.19. The molecule has 0 aliphatic heterocycles. The molecule has 5 heteroatoms. The molecule has 0 fully saturated rings. The predicted molar refractivity (Wildman–Crippen MR) is 46.8 cm³/mol. The molecule has 0 aliphatic rings. The van der Waals surface area contributed by atoms with Gasteiger partial charge in [-0.05, 0) is 6.92 Å². The maximum absolute atomic E-state index is 5.62. The Morgan fingerprint density at radius 3 is 2.36 bits per heavy atom. The second-order valence-electron chi connectivity index (χ2n) is 2.61. The lowest BCUT2D eigenvalue weighted by Gasteiger charge is -2.04. The topological polar surface area (TPSA) is 55.0 Å². The van der Waals surface area contributed by atoms with E-state index in [1.165, 1.54) is 11.3 Å². The van der Waals surface area contributed by atoms with E-state index in [2.05, 4.69) is 10.2 Å². The molecule has 1 aromatic rings. The van der Waals surface area contributed by atoms with Gasteiger partial charge in [-0.2, -0.15) is 0 Å². The van der Waals surface area contributed by atoms with Gasteiger partial charge in [0.05, 0.1) is 6.04 Å². The molecule has 0 saturated heterocycles. The van der Waals surface area contributed by atoms with Gasteiger partial charge in [-0.15, -0.1) is 10.2 Å². The fourth-order valence-electron chi connectivity index (χ4n) is 0.591. The quantitative estimate of drug-likeness (QED) is 0.710. The molecule has 0 radical (unpaired) electrons. The van der Waals surface area contributed by atoms with E-state index in [9.17, 15) is 0 Å². The minimum absolute atomic E-state index is 0.0128. The molecule has 0 saturated carbocycles. The number of aromatic nitrogens is 2. The molecule has 0 bridgehead atoms. The van der Waals surface area contributed by atoms with Crippen molar-refractivity contribution in [1.82, 2.24) is 10.2 Å². The van der Waals surface area contributed by atoms with Crippen LogP contribution >= 0.6 is 11.3 Å². The van der Waals surface area contributed by atoms with E-state index in [-0.39, 0.29) is 6.04 Å². The monoisotopic (exact) mass is 172 g/mol. The van der Waals surface area contributed by atoms with Crippen molar-refractivity contribution < 1.29 is 0 Å². The highest BCUT2D eigenvalue weighted by Gasteiger charge is 2.08. The summed E-state index contributed by atoms with van der Waals surface area (Å²) in [5.41, 5.74) is 5.62. The van der Waals surface area contributed by atoms with Crippen LogP contribution in [0.2, 0.25) is 0 Å². The Kier molecular flexibility index (Phi) is 2.41. The van der Waals surface area contributed by atoms with Crippen LogP contribution in [0.4, 0.5) is 5.13 Å². The van der Waals surface area contributed by atoms with Crippen LogP contribution in [-0.4, -0.2) is 24.3 Å². The Labute approximate surface area is 70.0 Å². The zero-order valence-electron chi connectivity index (χ0n) is 6.90. The van der Waals surface area contributed by atoms with Crippen molar-refractivity contribution >= 4 is 16.5 Å². The first-order valence-electron chi connectivity index (χ1n) is 3.37. The molecule has 1 rings (SSSR count). The van der Waals surface area contributed by atoms with E-state index in [1.54, 1.807) is 0 Å². The van der Waals surface area contributed by atoms with Crippen molar-refractivity contribution in [2.24, 2.45) is 5.73 Å². The van der Waals surface area contributed by atoms with E-state index < -0.39 is 0 Å². The van der Waals surface area contributed by atoms with Gasteiger partial charge in [0.2, 0.25) is 5.13 Å². The molecule has 62 valence electrons. The average molecular weight is 172 g/mol. The van der Waals surface area contributed by atoms with Gasteiger partial charge in [-0.1, -0.05) is 11.3 Å². The Morgan fingerprint density at radius 2 is 2.09 bits per heavy atom. The van der Waals surface area contributed by atoms with E-state index >= 15 is 0 Å². The summed E-state index contributed by atoms with van der Waals surface area (Å²) < 4.78 is 0. The molecular formula is C6H12N4S. The van der Waals surface area contributed by atoms with E-state index in [0.29, 0.717) is 0 Å². The molecule has 11 heavy (non-hydrogen) atoms. The van der Waals surface area contributed by atoms with Crippen LogP contribution in [0.15, 0.2) is 0 Å². The second-order valence-corrected chi connectivity index (χ2v) is 3.59. The lowest BCUT2D eigenvalue weighted by atomic mass is 10.4. The van der Waals surface area contributed by atoms with Crippen molar-refractivity contribution in [2.45, 2.75) is 13.0 Å². The van der Waals surface area contributed by atoms with Gasteiger partial charge in [-0.3, -0.25) is 0 Å². The first-order chi connectivity index (χ1) is 5.11. The zero-order chi connectivity index (χ0) is 8.43. The van der Waals surface area contributed by atoms with Gasteiger partial charge < -0.3 is 10.6 Å². The molecule has 0 aromatic carbocycles. The van der Waals surface area contributed by atoms with Crippen LogP contribution in [0.25, 0.3) is 0 Å². The van der Waals surface area contributed by atoms with E-state index in [0.717, 1.165) is 10.1 Å². The highest BCUT2D eigenvalue weighted by atomic mass is 32.1. The molecule has 0 amide bonds. The highest BCUT2D eigenvalue weighted by Crippen LogP contribution is 2.21. The fourth-order valence-corrected chi connectivity index (χ4v) is 1.31. The standard InChI is InChI=1S/C6H12N4S/c1-4(7)5-8-9-6(11-5)10(2)3/h4H,7H2,1-3H3. The third-order valence-electron chi connectivity index (χ3n) is 1.20. The lowest BCUT2D eigenvalue weighted by Crippen LogP contribution is -2.07. The summed E-state index contributed by atoms with van der Waals surface area (Å²) >= 11 is 1.53. The summed E-state index contributed by atoms with van der Waals surface area (Å²) in [6.45, 7) is 1.90. The van der Waals surface area contributed by atoms with Crippen LogP contribution in [0.5, 0.6) is 0 Å². The van der Waals surface area contributed by atoms with Gasteiger partial charge in [-0.25, -0.2) is 0 Å². The normalized spacial score (nSPS) is 13.1. The van der Waals surface area contributed by atoms with Gasteiger partial charge >= 0.3 is 0 Å². The fraction of sp³-hybridized carbons (Fsp3) is 0.667. The van der Waals surface area contributed by atoms with Crippen molar-refractivity contribution in [1.29, 1.82) is 0 Å². The number of anilines is 1. The molecule has 1 heterocycles. The number of hydrogen-bond donors (Lipinski definition) is 1. The summed E-state index contributed by atoms with van der Waals surface area (Å²) in [6.07, 6.45) is 0. The maximum Gasteiger partial charge on any atom is 0.207 e. The maximum atomic E-state index is 5.62. The molecule has 1 unspecified atom stereocenters. The van der Waals surface area contributed by atoms with Crippen LogP contribution < -0.4 is 10.6 Å². The Hall–Kier alpha value is -0.680. The van der Waals surface area contributed by atoms with E-state index in [1.807, 2.05) is 25.9 Å². The molecule has 4 nitrogen and oxygen atoms in total. The predicted octanol–water partition coefficient (Wildman–Crippen LogP) is 0.624. The SMILES string of the molecule is CC(N)c1nnc(N(C)C)s1. The molecule has 2 N–H and O–H groups in total. The van der Waals surface area contributed by atoms with Gasteiger partial charge in [0.25, 0.3) is 0 Å². The van der Waals surface area contributed by atoms with Gasteiger partial charge in [0.15, 0.2) is 0 Å². The van der Waals surface area contributed by atoms with Crippen LogP contribution in [-0.2, 0) is 0 Å². The number of hydrogen-bond acceptors (Lipinski definition) is 5. The lowest BCUT2D eigenvalue weighted by molar-refractivity contribution is 0.785. The third-order valence-corrected chi connectivity index (χ3v) is 2.49. The molecule has 0 spiro atoms. The minimum Gasteiger partial charge on any atom is -0.353 e. The van der Waals surface area contributed by atoms with Crippen LogP contribution in [0, 0.1) is 0 Å². The third kappa shape index (κ3) is 1.87. The smallest absolute Gasteiger partial charge is 0.207 e. The van der Waals surface area contributed by atoms with Crippen LogP contribution in [0.3, 0.4) is 0 Å². The minimum atomic E-state index is -0.0128. The summed E-state index contributed by atoms with van der Waals surface area (Å²) in [4.78, 5) is 1.92. The van der Waals surface area contributed by atoms with Crippen LogP contribution in [0.1, 0.15) is 18.0 Å². The van der Waals surface area contributed by atoms with Crippen molar-refractivity contribution in [3.63, 3.8) is 0 Å². The first kappa shape index (κ1) is 8.42. The Morgan fingerprint density at radius 1 is 1.45 bits per heavy atom. The molecule has 1 aromatic heterocycles. The largest absolute Gasteiger partial charge is 0.353 e.